The maximum Gasteiger partial charge on any atom is 0.260 e. The van der Waals surface area contributed by atoms with Gasteiger partial charge >= 0.3 is 0 Å². The van der Waals surface area contributed by atoms with Crippen molar-refractivity contribution in [3.8, 4) is 17.6 Å². The van der Waals surface area contributed by atoms with E-state index in [9.17, 15) is 25.7 Å². The Morgan fingerprint density at radius 3 is 2.24 bits per heavy atom. The van der Waals surface area contributed by atoms with E-state index in [4.69, 9.17) is 28.7 Å². The lowest BCUT2D eigenvalue weighted by Crippen LogP contribution is -2.76. The van der Waals surface area contributed by atoms with E-state index in [-0.39, 0.29) is 6.61 Å². The molecular weight excluding hydrogens is 582 g/mol. The van der Waals surface area contributed by atoms with Crippen molar-refractivity contribution < 1.29 is 49.1 Å². The summed E-state index contributed by atoms with van der Waals surface area (Å²) in [4.78, 5) is 12.1. The van der Waals surface area contributed by atoms with Crippen molar-refractivity contribution in [1.29, 1.82) is 5.26 Å². The first-order chi connectivity index (χ1) is 21.8. The monoisotopic (exact) mass is 621 g/mol. The van der Waals surface area contributed by atoms with Crippen LogP contribution < -0.4 is 9.47 Å². The number of hydrogen-bond acceptors (Lipinski definition) is 11. The number of benzene rings is 2. The molecule has 4 bridgehead atoms. The smallest absolute Gasteiger partial charge is 0.260 e. The summed E-state index contributed by atoms with van der Waals surface area (Å²) in [5.41, 5.74) is 1.83. The van der Waals surface area contributed by atoms with Gasteiger partial charge in [-0.25, -0.2) is 4.89 Å². The van der Waals surface area contributed by atoms with E-state index < -0.39 is 48.7 Å². The van der Waals surface area contributed by atoms with Crippen molar-refractivity contribution in [2.24, 2.45) is 23.7 Å². The van der Waals surface area contributed by atoms with Crippen LogP contribution in [0.5, 0.6) is 11.5 Å². The molecule has 4 aliphatic carbocycles. The zero-order valence-electron chi connectivity index (χ0n) is 25.0. The number of allylic oxidation sites excluding steroid dienone is 1. The molecule has 4 saturated carbocycles. The van der Waals surface area contributed by atoms with Crippen LogP contribution in [0, 0.1) is 35.0 Å². The molecule has 2 aromatic carbocycles. The topological polar surface area (TPSA) is 160 Å². The SMILES string of the molecule is COC1(c2ccc(/C=C/C#N)c(OCc3ccc(O[C@@H]4OC(CO)[C@H](O)C(O)[C@@H]4O)cc3)c2)OOC12C1CC3CC(C1)CC2C3. The quantitative estimate of drug-likeness (QED) is 0.241. The minimum Gasteiger partial charge on any atom is -0.488 e. The van der Waals surface area contributed by atoms with Crippen LogP contribution in [0.25, 0.3) is 6.08 Å². The minimum absolute atomic E-state index is 0.203. The molecule has 3 unspecified atom stereocenters. The summed E-state index contributed by atoms with van der Waals surface area (Å²) in [7, 11) is 1.67. The second-order valence-corrected chi connectivity index (χ2v) is 13.0. The number of aliphatic hydroxyl groups excluding tert-OH is 4. The van der Waals surface area contributed by atoms with E-state index in [2.05, 4.69) is 0 Å². The molecule has 240 valence electrons. The molecule has 4 N–H and O–H groups in total. The molecule has 1 spiro atoms. The van der Waals surface area contributed by atoms with E-state index in [1.54, 1.807) is 37.5 Å². The predicted octanol–water partition coefficient (Wildman–Crippen LogP) is 2.94. The maximum absolute atomic E-state index is 10.3. The Bertz CT molecular complexity index is 1420. The van der Waals surface area contributed by atoms with Crippen molar-refractivity contribution in [2.75, 3.05) is 13.7 Å². The van der Waals surface area contributed by atoms with E-state index in [0.29, 0.717) is 23.3 Å². The fraction of sp³-hybridized carbons (Fsp3) is 0.559. The van der Waals surface area contributed by atoms with Crippen LogP contribution >= 0.6 is 0 Å². The number of rotatable bonds is 9. The van der Waals surface area contributed by atoms with Gasteiger partial charge in [0.15, 0.2) is 5.60 Å². The first-order valence-electron chi connectivity index (χ1n) is 15.6. The van der Waals surface area contributed by atoms with Crippen molar-refractivity contribution in [3.05, 3.63) is 65.2 Å². The summed E-state index contributed by atoms with van der Waals surface area (Å²) in [5, 5.41) is 48.9. The molecule has 2 aliphatic heterocycles. The van der Waals surface area contributed by atoms with Gasteiger partial charge in [0.2, 0.25) is 6.29 Å². The van der Waals surface area contributed by atoms with Gasteiger partial charge in [-0.1, -0.05) is 24.3 Å². The van der Waals surface area contributed by atoms with Gasteiger partial charge in [-0.2, -0.15) is 10.1 Å². The van der Waals surface area contributed by atoms with Crippen LogP contribution in [0.4, 0.5) is 0 Å². The van der Waals surface area contributed by atoms with E-state index >= 15 is 0 Å². The summed E-state index contributed by atoms with van der Waals surface area (Å²) in [6, 6.07) is 14.8. The third-order valence-electron chi connectivity index (χ3n) is 10.6. The highest BCUT2D eigenvalue weighted by atomic mass is 17.3. The van der Waals surface area contributed by atoms with Crippen molar-refractivity contribution in [2.45, 2.75) is 80.8 Å². The summed E-state index contributed by atoms with van der Waals surface area (Å²) in [6.45, 7) is -0.337. The molecule has 0 amide bonds. The molecule has 2 aromatic rings. The number of nitriles is 1. The summed E-state index contributed by atoms with van der Waals surface area (Å²) < 4.78 is 23.7. The van der Waals surface area contributed by atoms with Gasteiger partial charge in [0.1, 0.15) is 42.5 Å². The second-order valence-electron chi connectivity index (χ2n) is 13.0. The zero-order valence-corrected chi connectivity index (χ0v) is 25.0. The van der Waals surface area contributed by atoms with Gasteiger partial charge < -0.3 is 39.4 Å². The van der Waals surface area contributed by atoms with Crippen LogP contribution in [0.2, 0.25) is 0 Å². The molecule has 8 rings (SSSR count). The van der Waals surface area contributed by atoms with E-state index in [1.165, 1.54) is 12.5 Å². The molecule has 0 radical (unpaired) electrons. The molecule has 6 aliphatic rings. The lowest BCUT2D eigenvalue weighted by molar-refractivity contribution is -0.645. The van der Waals surface area contributed by atoms with Crippen LogP contribution in [-0.4, -0.2) is 70.4 Å². The first-order valence-corrected chi connectivity index (χ1v) is 15.6. The molecular formula is C34H39NO10. The molecule has 0 aromatic heterocycles. The first kappa shape index (κ1) is 30.6. The highest BCUT2D eigenvalue weighted by Gasteiger charge is 2.76. The van der Waals surface area contributed by atoms with Crippen LogP contribution in [-0.2, 0) is 31.6 Å². The summed E-state index contributed by atoms with van der Waals surface area (Å²) in [6.07, 6.45) is 2.11. The van der Waals surface area contributed by atoms with Gasteiger partial charge in [-0.3, -0.25) is 0 Å². The molecule has 11 heteroatoms. The molecule has 45 heavy (non-hydrogen) atoms. The highest BCUT2D eigenvalue weighted by molar-refractivity contribution is 5.60. The number of methoxy groups -OCH3 is 1. The normalized spacial score (nSPS) is 40.0. The number of nitrogens with zero attached hydrogens (tertiary/aromatic N) is 1. The Kier molecular flexibility index (Phi) is 8.13. The summed E-state index contributed by atoms with van der Waals surface area (Å²) >= 11 is 0. The Hall–Kier alpha value is -3.05. The average molecular weight is 622 g/mol. The molecule has 2 heterocycles. The Labute approximate surface area is 261 Å². The average Bonchev–Trinajstić information content (AvgIpc) is 3.04. The maximum atomic E-state index is 10.3. The lowest BCUT2D eigenvalue weighted by atomic mass is 9.47. The van der Waals surface area contributed by atoms with Gasteiger partial charge in [0.05, 0.1) is 12.7 Å². The zero-order chi connectivity index (χ0) is 31.3. The van der Waals surface area contributed by atoms with Crippen molar-refractivity contribution in [1.82, 2.24) is 0 Å². The van der Waals surface area contributed by atoms with E-state index in [0.717, 1.165) is 54.2 Å². The van der Waals surface area contributed by atoms with E-state index in [1.807, 2.05) is 24.3 Å². The second kappa shape index (κ2) is 12.0. The van der Waals surface area contributed by atoms with Crippen LogP contribution in [0.15, 0.2) is 48.5 Å². The Balaban J connectivity index is 1.09. The van der Waals surface area contributed by atoms with Crippen LogP contribution in [0.3, 0.4) is 0 Å². The molecule has 2 saturated heterocycles. The van der Waals surface area contributed by atoms with Crippen molar-refractivity contribution in [3.63, 3.8) is 0 Å². The molecule has 11 nitrogen and oxygen atoms in total. The third kappa shape index (κ3) is 4.96. The number of hydrogen-bond donors (Lipinski definition) is 4. The van der Waals surface area contributed by atoms with Gasteiger partial charge in [0.25, 0.3) is 5.79 Å². The Morgan fingerprint density at radius 1 is 0.933 bits per heavy atom. The van der Waals surface area contributed by atoms with Crippen molar-refractivity contribution >= 4 is 6.08 Å². The molecule has 6 atom stereocenters. The van der Waals surface area contributed by atoms with Gasteiger partial charge in [0, 0.05) is 24.3 Å². The minimum atomic E-state index is -1.53. The Morgan fingerprint density at radius 2 is 1.64 bits per heavy atom. The highest BCUT2D eigenvalue weighted by Crippen LogP contribution is 2.69. The standard InChI is InChI=1S/C34H39NO10/c1-40-34(33(44-45-34)24-12-20-11-21(14-24)15-25(33)13-20)23-7-6-22(3-2-10-35)27(16-23)41-18-19-4-8-26(9-5-19)42-32-31(39)30(38)29(37)28(17-36)43-32/h2-9,16,20-21,24-25,28-32,36-39H,11-15,17-18H2,1H3/b3-2+/t20?,21?,24?,25?,28?,29-,30?,31-,32+,33?,34?/m0/s1. The number of aliphatic hydroxyl groups is 4. The van der Waals surface area contributed by atoms with Gasteiger partial charge in [-0.15, -0.1) is 0 Å². The molecule has 6 fully saturated rings. The predicted molar refractivity (Wildman–Crippen MR) is 157 cm³/mol. The fourth-order valence-electron chi connectivity index (χ4n) is 8.61. The third-order valence-corrected chi connectivity index (χ3v) is 10.6. The number of ether oxygens (including phenoxy) is 4. The van der Waals surface area contributed by atoms with Gasteiger partial charge in [-0.05, 0) is 85.6 Å². The summed E-state index contributed by atoms with van der Waals surface area (Å²) in [5.74, 6) is 2.11. The largest absolute Gasteiger partial charge is 0.488 e. The lowest BCUT2D eigenvalue weighted by Gasteiger charge is -2.68. The fourth-order valence-corrected chi connectivity index (χ4v) is 8.61. The van der Waals surface area contributed by atoms with Crippen LogP contribution in [0.1, 0.15) is 48.8 Å².